The molecule has 0 bridgehead atoms. The van der Waals surface area contributed by atoms with Crippen LogP contribution in [0.15, 0.2) is 11.8 Å². The van der Waals surface area contributed by atoms with Crippen molar-refractivity contribution >= 4 is 5.78 Å². The summed E-state index contributed by atoms with van der Waals surface area (Å²) in [7, 11) is 0. The van der Waals surface area contributed by atoms with Gasteiger partial charge in [-0.3, -0.25) is 4.79 Å². The molecule has 0 spiro atoms. The Morgan fingerprint density at radius 2 is 1.52 bits per heavy atom. The molecule has 2 nitrogen and oxygen atoms in total. The van der Waals surface area contributed by atoms with Gasteiger partial charge in [-0.1, -0.05) is 13.8 Å². The lowest BCUT2D eigenvalue weighted by atomic mass is 9.77. The van der Waals surface area contributed by atoms with Crippen LogP contribution in [-0.2, 0) is 17.6 Å². The first kappa shape index (κ1) is 15.8. The van der Waals surface area contributed by atoms with Gasteiger partial charge in [0, 0.05) is 18.9 Å². The van der Waals surface area contributed by atoms with Crippen molar-refractivity contribution < 1.29 is 9.90 Å². The fourth-order valence-electron chi connectivity index (χ4n) is 4.10. The molecule has 0 fully saturated rings. The molecule has 1 aromatic carbocycles. The largest absolute Gasteiger partial charge is 0.512 e. The molecule has 0 heterocycles. The van der Waals surface area contributed by atoms with E-state index in [4.69, 9.17) is 0 Å². The smallest absolute Gasteiger partial charge is 0.159 e. The standard InChI is InChI=1S/C19H26O2/c1-6-17-11(3)18(7-2)13(5)19(12(17)4)14-8-15(20)10-16(21)9-14/h10,14,20H,6-9H2,1-5H3. The molecule has 114 valence electrons. The minimum Gasteiger partial charge on any atom is -0.512 e. The molecule has 0 radical (unpaired) electrons. The molecule has 0 saturated carbocycles. The van der Waals surface area contributed by atoms with Crippen molar-refractivity contribution in [3.8, 4) is 0 Å². The minimum atomic E-state index is 0.0409. The summed E-state index contributed by atoms with van der Waals surface area (Å²) in [6, 6.07) is 0. The monoisotopic (exact) mass is 286 g/mol. The van der Waals surface area contributed by atoms with Crippen LogP contribution in [0.4, 0.5) is 0 Å². The summed E-state index contributed by atoms with van der Waals surface area (Å²) in [5.74, 6) is 0.393. The maximum absolute atomic E-state index is 11.8. The first-order valence-electron chi connectivity index (χ1n) is 7.94. The Bertz CT molecular complexity index is 577. The first-order valence-corrected chi connectivity index (χ1v) is 7.94. The molecule has 1 aliphatic carbocycles. The Kier molecular flexibility index (Phi) is 4.55. The second kappa shape index (κ2) is 6.05. The van der Waals surface area contributed by atoms with Gasteiger partial charge in [0.15, 0.2) is 5.78 Å². The lowest BCUT2D eigenvalue weighted by Crippen LogP contribution is -2.17. The van der Waals surface area contributed by atoms with E-state index in [1.165, 1.54) is 39.5 Å². The summed E-state index contributed by atoms with van der Waals surface area (Å²) < 4.78 is 0. The SMILES string of the molecule is CCc1c(C)c(CC)c(C)c(C2CC(=O)C=C(O)C2)c1C. The van der Waals surface area contributed by atoms with Crippen LogP contribution in [0.3, 0.4) is 0 Å². The van der Waals surface area contributed by atoms with Crippen molar-refractivity contribution in [3.05, 3.63) is 45.2 Å². The third-order valence-corrected chi connectivity index (χ3v) is 4.96. The Balaban J connectivity index is 2.63. The Morgan fingerprint density at radius 1 is 1.00 bits per heavy atom. The molecule has 1 aliphatic rings. The number of ketones is 1. The number of allylic oxidation sites excluding steroid dienone is 2. The zero-order valence-electron chi connectivity index (χ0n) is 13.8. The number of carbonyl (C=O) groups is 1. The predicted octanol–water partition coefficient (Wildman–Crippen LogP) is 4.63. The minimum absolute atomic E-state index is 0.0409. The van der Waals surface area contributed by atoms with E-state index < -0.39 is 0 Å². The number of aliphatic hydroxyl groups excluding tert-OH is 1. The molecular weight excluding hydrogens is 260 g/mol. The summed E-state index contributed by atoms with van der Waals surface area (Å²) in [6.07, 6.45) is 4.52. The molecular formula is C19H26O2. The van der Waals surface area contributed by atoms with Gasteiger partial charge in [-0.15, -0.1) is 0 Å². The predicted molar refractivity (Wildman–Crippen MR) is 87.1 cm³/mol. The normalized spacial score (nSPS) is 18.8. The van der Waals surface area contributed by atoms with Crippen LogP contribution in [-0.4, -0.2) is 10.9 Å². The lowest BCUT2D eigenvalue weighted by Gasteiger charge is -2.28. The van der Waals surface area contributed by atoms with E-state index in [1.807, 2.05) is 0 Å². The molecule has 2 heteroatoms. The van der Waals surface area contributed by atoms with E-state index in [9.17, 15) is 9.90 Å². The van der Waals surface area contributed by atoms with Crippen LogP contribution in [0.1, 0.15) is 66.0 Å². The highest BCUT2D eigenvalue weighted by atomic mass is 16.3. The summed E-state index contributed by atoms with van der Waals surface area (Å²) >= 11 is 0. The average molecular weight is 286 g/mol. The second-order valence-corrected chi connectivity index (χ2v) is 6.16. The van der Waals surface area contributed by atoms with Gasteiger partial charge in [0.2, 0.25) is 0 Å². The van der Waals surface area contributed by atoms with Crippen LogP contribution >= 0.6 is 0 Å². The quantitative estimate of drug-likeness (QED) is 0.880. The van der Waals surface area contributed by atoms with Gasteiger partial charge >= 0.3 is 0 Å². The van der Waals surface area contributed by atoms with E-state index in [0.717, 1.165) is 12.8 Å². The van der Waals surface area contributed by atoms with Crippen molar-refractivity contribution in [1.29, 1.82) is 0 Å². The number of aliphatic hydroxyl groups is 1. The first-order chi connectivity index (χ1) is 9.90. The summed E-state index contributed by atoms with van der Waals surface area (Å²) in [6.45, 7) is 10.9. The van der Waals surface area contributed by atoms with Gasteiger partial charge < -0.3 is 5.11 Å². The molecule has 0 aromatic heterocycles. The van der Waals surface area contributed by atoms with Crippen molar-refractivity contribution in [2.45, 2.75) is 66.2 Å². The molecule has 1 N–H and O–H groups in total. The summed E-state index contributed by atoms with van der Waals surface area (Å²) in [5, 5.41) is 9.84. The third kappa shape index (κ3) is 2.76. The van der Waals surface area contributed by atoms with Crippen molar-refractivity contribution in [3.63, 3.8) is 0 Å². The molecule has 0 amide bonds. The molecule has 1 atom stereocenters. The highest BCUT2D eigenvalue weighted by molar-refractivity contribution is 5.91. The van der Waals surface area contributed by atoms with Gasteiger partial charge in [0.05, 0.1) is 5.76 Å². The molecule has 0 saturated heterocycles. The molecule has 1 aromatic rings. The molecule has 0 aliphatic heterocycles. The zero-order chi connectivity index (χ0) is 15.7. The van der Waals surface area contributed by atoms with E-state index in [-0.39, 0.29) is 17.5 Å². The maximum Gasteiger partial charge on any atom is 0.159 e. The van der Waals surface area contributed by atoms with Crippen LogP contribution in [0.25, 0.3) is 0 Å². The van der Waals surface area contributed by atoms with Crippen LogP contribution in [0.5, 0.6) is 0 Å². The lowest BCUT2D eigenvalue weighted by molar-refractivity contribution is -0.115. The topological polar surface area (TPSA) is 37.3 Å². The van der Waals surface area contributed by atoms with Crippen LogP contribution < -0.4 is 0 Å². The zero-order valence-corrected chi connectivity index (χ0v) is 13.8. The highest BCUT2D eigenvalue weighted by Gasteiger charge is 2.27. The molecule has 2 rings (SSSR count). The van der Waals surface area contributed by atoms with E-state index in [1.54, 1.807) is 0 Å². The number of hydrogen-bond donors (Lipinski definition) is 1. The van der Waals surface area contributed by atoms with E-state index >= 15 is 0 Å². The highest BCUT2D eigenvalue weighted by Crippen LogP contribution is 2.38. The Labute approximate surface area is 127 Å². The molecule has 1 unspecified atom stereocenters. The van der Waals surface area contributed by atoms with Gasteiger partial charge in [-0.2, -0.15) is 0 Å². The van der Waals surface area contributed by atoms with Gasteiger partial charge in [-0.05, 0) is 72.9 Å². The Hall–Kier alpha value is -1.57. The number of hydrogen-bond acceptors (Lipinski definition) is 2. The number of rotatable bonds is 3. The fourth-order valence-corrected chi connectivity index (χ4v) is 4.10. The van der Waals surface area contributed by atoms with Crippen molar-refractivity contribution in [1.82, 2.24) is 0 Å². The van der Waals surface area contributed by atoms with Gasteiger partial charge in [0.1, 0.15) is 0 Å². The molecule has 21 heavy (non-hydrogen) atoms. The maximum atomic E-state index is 11.8. The van der Waals surface area contributed by atoms with Crippen LogP contribution in [0, 0.1) is 20.8 Å². The van der Waals surface area contributed by atoms with E-state index in [0.29, 0.717) is 12.8 Å². The van der Waals surface area contributed by atoms with Gasteiger partial charge in [0.25, 0.3) is 0 Å². The fraction of sp³-hybridized carbons (Fsp3) is 0.526. The van der Waals surface area contributed by atoms with E-state index in [2.05, 4.69) is 34.6 Å². The average Bonchev–Trinajstić information content (AvgIpc) is 2.38. The summed E-state index contributed by atoms with van der Waals surface area (Å²) in [4.78, 5) is 11.8. The van der Waals surface area contributed by atoms with Gasteiger partial charge in [-0.25, -0.2) is 0 Å². The summed E-state index contributed by atoms with van der Waals surface area (Å²) in [5.41, 5.74) is 8.15. The Morgan fingerprint density at radius 3 is 1.95 bits per heavy atom. The third-order valence-electron chi connectivity index (χ3n) is 4.96. The number of carbonyl (C=O) groups excluding carboxylic acids is 1. The number of benzene rings is 1. The van der Waals surface area contributed by atoms with Crippen molar-refractivity contribution in [2.75, 3.05) is 0 Å². The van der Waals surface area contributed by atoms with Crippen LogP contribution in [0.2, 0.25) is 0 Å². The van der Waals surface area contributed by atoms with Crippen molar-refractivity contribution in [2.24, 2.45) is 0 Å². The second-order valence-electron chi connectivity index (χ2n) is 6.16.